The van der Waals surface area contributed by atoms with E-state index < -0.39 is 0 Å². The lowest BCUT2D eigenvalue weighted by atomic mass is 9.72. The van der Waals surface area contributed by atoms with Crippen LogP contribution < -0.4 is 0 Å². The number of benzene rings is 2. The predicted molar refractivity (Wildman–Crippen MR) is 83.0 cm³/mol. The van der Waals surface area contributed by atoms with E-state index in [1.165, 1.54) is 11.1 Å². The van der Waals surface area contributed by atoms with E-state index >= 15 is 0 Å². The van der Waals surface area contributed by atoms with Gasteiger partial charge in [-0.05, 0) is 24.0 Å². The zero-order valence-electron chi connectivity index (χ0n) is 12.0. The van der Waals surface area contributed by atoms with E-state index in [2.05, 4.69) is 65.6 Å². The highest BCUT2D eigenvalue weighted by molar-refractivity contribution is 5.80. The van der Waals surface area contributed by atoms with Crippen LogP contribution in [-0.4, -0.2) is 23.4 Å². The molecule has 106 valence electrons. The number of hydrogen-bond donors (Lipinski definition) is 0. The number of fused-ring (bicyclic) bond motifs is 1. The minimum Gasteiger partial charge on any atom is -0.338 e. The predicted octanol–water partition coefficient (Wildman–Crippen LogP) is 3.37. The molecule has 2 nitrogen and oxygen atoms in total. The molecule has 0 N–H and O–H groups in total. The molecule has 0 aliphatic carbocycles. The minimum atomic E-state index is -0.0384. The van der Waals surface area contributed by atoms with Crippen molar-refractivity contribution in [3.63, 3.8) is 0 Å². The van der Waals surface area contributed by atoms with Gasteiger partial charge in [0.15, 0.2) is 0 Å². The molecule has 2 fully saturated rings. The normalized spacial score (nSPS) is 23.3. The highest BCUT2D eigenvalue weighted by Crippen LogP contribution is 2.46. The van der Waals surface area contributed by atoms with Crippen LogP contribution in [0.15, 0.2) is 60.7 Å². The third-order valence-electron chi connectivity index (χ3n) is 5.13. The Kier molecular flexibility index (Phi) is 2.85. The SMILES string of the molecule is O=C1CCC2CC(c3ccccc3)(c3ccccc3)CN12. The van der Waals surface area contributed by atoms with Crippen LogP contribution in [0.3, 0.4) is 0 Å². The maximum Gasteiger partial charge on any atom is 0.222 e. The summed E-state index contributed by atoms with van der Waals surface area (Å²) in [4.78, 5) is 14.2. The fourth-order valence-corrected chi connectivity index (χ4v) is 4.08. The van der Waals surface area contributed by atoms with Gasteiger partial charge in [-0.15, -0.1) is 0 Å². The number of carbonyl (C=O) groups excluding carboxylic acids is 1. The van der Waals surface area contributed by atoms with E-state index in [-0.39, 0.29) is 5.41 Å². The summed E-state index contributed by atoms with van der Waals surface area (Å²) in [5, 5.41) is 0. The van der Waals surface area contributed by atoms with E-state index in [1.54, 1.807) is 0 Å². The summed E-state index contributed by atoms with van der Waals surface area (Å²) in [7, 11) is 0. The summed E-state index contributed by atoms with van der Waals surface area (Å²) < 4.78 is 0. The van der Waals surface area contributed by atoms with Gasteiger partial charge in [-0.3, -0.25) is 4.79 Å². The summed E-state index contributed by atoms with van der Waals surface area (Å²) in [5.41, 5.74) is 2.63. The van der Waals surface area contributed by atoms with Crippen LogP contribution in [0.1, 0.15) is 30.4 Å². The van der Waals surface area contributed by atoms with Crippen molar-refractivity contribution in [1.29, 1.82) is 0 Å². The molecule has 0 aromatic heterocycles. The van der Waals surface area contributed by atoms with Gasteiger partial charge in [-0.2, -0.15) is 0 Å². The van der Waals surface area contributed by atoms with Gasteiger partial charge in [0.1, 0.15) is 0 Å². The first-order valence-corrected chi connectivity index (χ1v) is 7.70. The molecule has 1 amide bonds. The van der Waals surface area contributed by atoms with E-state index in [1.807, 2.05) is 0 Å². The molecular formula is C19H19NO. The average Bonchev–Trinajstić information content (AvgIpc) is 3.09. The van der Waals surface area contributed by atoms with Gasteiger partial charge in [0.25, 0.3) is 0 Å². The highest BCUT2D eigenvalue weighted by atomic mass is 16.2. The Hall–Kier alpha value is -2.09. The number of amides is 1. The minimum absolute atomic E-state index is 0.0384. The summed E-state index contributed by atoms with van der Waals surface area (Å²) >= 11 is 0. The molecule has 0 bridgehead atoms. The molecule has 2 heteroatoms. The molecular weight excluding hydrogens is 258 g/mol. The summed E-state index contributed by atoms with van der Waals surface area (Å²) in [6, 6.07) is 21.8. The molecule has 0 spiro atoms. The maximum absolute atomic E-state index is 12.1. The van der Waals surface area contributed by atoms with Gasteiger partial charge in [0.05, 0.1) is 0 Å². The lowest BCUT2D eigenvalue weighted by Crippen LogP contribution is -2.34. The third-order valence-corrected chi connectivity index (χ3v) is 5.13. The van der Waals surface area contributed by atoms with Gasteiger partial charge < -0.3 is 4.90 Å². The van der Waals surface area contributed by atoms with E-state index in [0.717, 1.165) is 25.8 Å². The van der Waals surface area contributed by atoms with Crippen molar-refractivity contribution < 1.29 is 4.79 Å². The highest BCUT2D eigenvalue weighted by Gasteiger charge is 2.50. The van der Waals surface area contributed by atoms with Gasteiger partial charge >= 0.3 is 0 Å². The van der Waals surface area contributed by atoms with Crippen LogP contribution in [0.5, 0.6) is 0 Å². The van der Waals surface area contributed by atoms with Gasteiger partial charge in [-0.25, -0.2) is 0 Å². The lowest BCUT2D eigenvalue weighted by molar-refractivity contribution is -0.128. The van der Waals surface area contributed by atoms with Crippen molar-refractivity contribution in [1.82, 2.24) is 4.90 Å². The number of carbonyl (C=O) groups is 1. The van der Waals surface area contributed by atoms with Gasteiger partial charge in [0, 0.05) is 24.4 Å². The molecule has 0 radical (unpaired) electrons. The van der Waals surface area contributed by atoms with Crippen LogP contribution in [0.4, 0.5) is 0 Å². The Morgan fingerprint density at radius 3 is 2.00 bits per heavy atom. The van der Waals surface area contributed by atoms with E-state index in [9.17, 15) is 4.79 Å². The van der Waals surface area contributed by atoms with Crippen LogP contribution in [0.25, 0.3) is 0 Å². The smallest absolute Gasteiger partial charge is 0.222 e. The molecule has 2 aromatic carbocycles. The first-order chi connectivity index (χ1) is 10.3. The monoisotopic (exact) mass is 277 g/mol. The molecule has 2 aliphatic heterocycles. The average molecular weight is 277 g/mol. The quantitative estimate of drug-likeness (QED) is 0.824. The Bertz CT molecular complexity index is 610. The molecule has 2 heterocycles. The van der Waals surface area contributed by atoms with Crippen LogP contribution in [-0.2, 0) is 10.2 Å². The van der Waals surface area contributed by atoms with Crippen LogP contribution >= 0.6 is 0 Å². The summed E-state index contributed by atoms with van der Waals surface area (Å²) in [6.07, 6.45) is 2.79. The van der Waals surface area contributed by atoms with Crippen LogP contribution in [0.2, 0.25) is 0 Å². The number of rotatable bonds is 2. The van der Waals surface area contributed by atoms with Gasteiger partial charge in [0.2, 0.25) is 5.91 Å². The van der Waals surface area contributed by atoms with Crippen molar-refractivity contribution in [2.24, 2.45) is 0 Å². The first-order valence-electron chi connectivity index (χ1n) is 7.70. The van der Waals surface area contributed by atoms with Crippen molar-refractivity contribution in [3.05, 3.63) is 71.8 Å². The van der Waals surface area contributed by atoms with Crippen molar-refractivity contribution in [2.45, 2.75) is 30.7 Å². The molecule has 1 unspecified atom stereocenters. The Balaban J connectivity index is 1.84. The van der Waals surface area contributed by atoms with Crippen molar-refractivity contribution in [3.8, 4) is 0 Å². The van der Waals surface area contributed by atoms with Crippen LogP contribution in [0, 0.1) is 0 Å². The molecule has 1 atom stereocenters. The number of hydrogen-bond acceptors (Lipinski definition) is 1. The molecule has 4 rings (SSSR count). The molecule has 0 saturated carbocycles. The van der Waals surface area contributed by atoms with Gasteiger partial charge in [-0.1, -0.05) is 60.7 Å². The largest absolute Gasteiger partial charge is 0.338 e. The zero-order valence-corrected chi connectivity index (χ0v) is 12.0. The Morgan fingerprint density at radius 2 is 1.48 bits per heavy atom. The first kappa shape index (κ1) is 12.6. The topological polar surface area (TPSA) is 20.3 Å². The second kappa shape index (κ2) is 4.73. The molecule has 2 aliphatic rings. The molecule has 2 saturated heterocycles. The second-order valence-corrected chi connectivity index (χ2v) is 6.23. The van der Waals surface area contributed by atoms with Crippen molar-refractivity contribution >= 4 is 5.91 Å². The fraction of sp³-hybridized carbons (Fsp3) is 0.316. The Morgan fingerprint density at radius 1 is 0.905 bits per heavy atom. The van der Waals surface area contributed by atoms with E-state index in [0.29, 0.717) is 11.9 Å². The maximum atomic E-state index is 12.1. The fourth-order valence-electron chi connectivity index (χ4n) is 4.08. The number of nitrogens with zero attached hydrogens (tertiary/aromatic N) is 1. The third kappa shape index (κ3) is 1.90. The summed E-state index contributed by atoms with van der Waals surface area (Å²) in [5.74, 6) is 0.328. The second-order valence-electron chi connectivity index (χ2n) is 6.23. The van der Waals surface area contributed by atoms with E-state index in [4.69, 9.17) is 0 Å². The van der Waals surface area contributed by atoms with Crippen molar-refractivity contribution in [2.75, 3.05) is 6.54 Å². The Labute approximate surface area is 125 Å². The molecule has 2 aromatic rings. The molecule has 21 heavy (non-hydrogen) atoms. The zero-order chi connectivity index (χ0) is 14.3. The lowest BCUT2D eigenvalue weighted by Gasteiger charge is -2.31. The standard InChI is InChI=1S/C19H19NO/c21-18-12-11-17-13-19(14-20(17)18,15-7-3-1-4-8-15)16-9-5-2-6-10-16/h1-10,17H,11-14H2. The summed E-state index contributed by atoms with van der Waals surface area (Å²) in [6.45, 7) is 0.824.